The molecule has 1 aromatic rings. The Hall–Kier alpha value is -0.580. The van der Waals surface area contributed by atoms with Crippen molar-refractivity contribution in [3.05, 3.63) is 34.9 Å². The Kier molecular flexibility index (Phi) is 4.35. The molecule has 0 aliphatic rings. The molecule has 3 nitrogen and oxygen atoms in total. The zero-order valence-corrected chi connectivity index (χ0v) is 10.9. The van der Waals surface area contributed by atoms with E-state index >= 15 is 0 Å². The number of hydrogen-bond acceptors (Lipinski definition) is 3. The summed E-state index contributed by atoms with van der Waals surface area (Å²) in [7, 11) is -3.11. The van der Waals surface area contributed by atoms with Gasteiger partial charge in [-0.25, -0.2) is 8.42 Å². The molecule has 5 heteroatoms. The highest BCUT2D eigenvalue weighted by atomic mass is 35.5. The zero-order chi connectivity index (χ0) is 12.3. The maximum Gasteiger partial charge on any atom is 0.154 e. The molecule has 16 heavy (non-hydrogen) atoms. The van der Waals surface area contributed by atoms with Crippen molar-refractivity contribution in [3.8, 4) is 0 Å². The third kappa shape index (κ3) is 2.97. The van der Waals surface area contributed by atoms with E-state index in [0.717, 1.165) is 5.56 Å². The zero-order valence-electron chi connectivity index (χ0n) is 9.35. The van der Waals surface area contributed by atoms with Gasteiger partial charge >= 0.3 is 0 Å². The van der Waals surface area contributed by atoms with Crippen molar-refractivity contribution in [2.45, 2.75) is 25.1 Å². The molecule has 90 valence electrons. The summed E-state index contributed by atoms with van der Waals surface area (Å²) < 4.78 is 23.3. The molecule has 2 atom stereocenters. The molecule has 0 bridgehead atoms. The normalized spacial score (nSPS) is 15.8. The Labute approximate surface area is 102 Å². The molecule has 0 fully saturated rings. The van der Waals surface area contributed by atoms with Crippen LogP contribution < -0.4 is 5.73 Å². The first-order valence-corrected chi connectivity index (χ1v) is 7.20. The van der Waals surface area contributed by atoms with Gasteiger partial charge in [-0.05, 0) is 24.6 Å². The van der Waals surface area contributed by atoms with E-state index in [1.807, 2.05) is 0 Å². The summed E-state index contributed by atoms with van der Waals surface area (Å²) >= 11 is 5.75. The minimum atomic E-state index is -3.11. The van der Waals surface area contributed by atoms with E-state index in [0.29, 0.717) is 5.02 Å². The number of hydrogen-bond donors (Lipinski definition) is 1. The molecular formula is C11H16ClNO2S. The van der Waals surface area contributed by atoms with E-state index in [9.17, 15) is 8.42 Å². The van der Waals surface area contributed by atoms with Gasteiger partial charge in [-0.3, -0.25) is 0 Å². The standard InChI is InChI=1S/C11H16ClNO2S/c1-3-16(14,15)8(2)11(13)9-4-6-10(12)7-5-9/h4-8,11H,3,13H2,1-2H3/t8-,11+/m1/s1. The van der Waals surface area contributed by atoms with Crippen LogP contribution in [0.2, 0.25) is 5.02 Å². The molecule has 1 rings (SSSR count). The minimum Gasteiger partial charge on any atom is -0.323 e. The fraction of sp³-hybridized carbons (Fsp3) is 0.455. The Morgan fingerprint density at radius 1 is 1.31 bits per heavy atom. The van der Waals surface area contributed by atoms with Gasteiger partial charge in [0.2, 0.25) is 0 Å². The van der Waals surface area contributed by atoms with Crippen molar-refractivity contribution in [2.24, 2.45) is 5.73 Å². The third-order valence-electron chi connectivity index (χ3n) is 2.73. The van der Waals surface area contributed by atoms with E-state index in [4.69, 9.17) is 17.3 Å². The molecule has 0 unspecified atom stereocenters. The minimum absolute atomic E-state index is 0.107. The molecule has 0 spiro atoms. The van der Waals surface area contributed by atoms with Crippen LogP contribution in [0, 0.1) is 0 Å². The van der Waals surface area contributed by atoms with Crippen LogP contribution in [0.3, 0.4) is 0 Å². The summed E-state index contributed by atoms with van der Waals surface area (Å²) in [6.45, 7) is 3.26. The summed E-state index contributed by atoms with van der Waals surface area (Å²) in [5, 5.41) is 0.0284. The Morgan fingerprint density at radius 2 is 1.81 bits per heavy atom. The number of benzene rings is 1. The maximum atomic E-state index is 11.7. The van der Waals surface area contributed by atoms with E-state index in [1.54, 1.807) is 38.1 Å². The molecular weight excluding hydrogens is 246 g/mol. The summed E-state index contributed by atoms with van der Waals surface area (Å²) in [4.78, 5) is 0. The Bertz CT molecular complexity index is 442. The van der Waals surface area contributed by atoms with Crippen molar-refractivity contribution in [3.63, 3.8) is 0 Å². The first-order valence-electron chi connectivity index (χ1n) is 5.11. The van der Waals surface area contributed by atoms with Crippen molar-refractivity contribution in [1.82, 2.24) is 0 Å². The van der Waals surface area contributed by atoms with Gasteiger partial charge in [-0.2, -0.15) is 0 Å². The second kappa shape index (κ2) is 5.17. The van der Waals surface area contributed by atoms with Crippen LogP contribution in [-0.4, -0.2) is 19.4 Å². The Balaban J connectivity index is 2.94. The van der Waals surface area contributed by atoms with Crippen LogP contribution in [0.1, 0.15) is 25.5 Å². The highest BCUT2D eigenvalue weighted by Gasteiger charge is 2.26. The topological polar surface area (TPSA) is 60.2 Å². The van der Waals surface area contributed by atoms with Gasteiger partial charge in [0.1, 0.15) is 0 Å². The van der Waals surface area contributed by atoms with E-state index in [1.165, 1.54) is 0 Å². The smallest absolute Gasteiger partial charge is 0.154 e. The van der Waals surface area contributed by atoms with Gasteiger partial charge in [0.25, 0.3) is 0 Å². The molecule has 0 aromatic heterocycles. The quantitative estimate of drug-likeness (QED) is 0.904. The summed E-state index contributed by atoms with van der Waals surface area (Å²) in [6, 6.07) is 6.43. The lowest BCUT2D eigenvalue weighted by molar-refractivity contribution is 0.566. The first kappa shape index (κ1) is 13.5. The van der Waals surface area contributed by atoms with Crippen LogP contribution in [0.4, 0.5) is 0 Å². The van der Waals surface area contributed by atoms with E-state index in [-0.39, 0.29) is 5.75 Å². The lowest BCUT2D eigenvalue weighted by atomic mass is 10.1. The van der Waals surface area contributed by atoms with Gasteiger partial charge in [-0.15, -0.1) is 0 Å². The number of nitrogens with two attached hydrogens (primary N) is 1. The maximum absolute atomic E-state index is 11.7. The van der Waals surface area contributed by atoms with Crippen LogP contribution >= 0.6 is 11.6 Å². The largest absolute Gasteiger partial charge is 0.323 e. The average molecular weight is 262 g/mol. The highest BCUT2D eigenvalue weighted by molar-refractivity contribution is 7.92. The molecule has 1 aromatic carbocycles. The van der Waals surface area contributed by atoms with Crippen molar-refractivity contribution >= 4 is 21.4 Å². The monoisotopic (exact) mass is 261 g/mol. The molecule has 0 saturated heterocycles. The predicted molar refractivity (Wildman–Crippen MR) is 67.3 cm³/mol. The summed E-state index contributed by atoms with van der Waals surface area (Å²) in [6.07, 6.45) is 0. The molecule has 0 heterocycles. The van der Waals surface area contributed by atoms with Crippen LogP contribution in [-0.2, 0) is 9.84 Å². The molecule has 2 N–H and O–H groups in total. The van der Waals surface area contributed by atoms with Gasteiger partial charge < -0.3 is 5.73 Å². The van der Waals surface area contributed by atoms with Gasteiger partial charge in [0.05, 0.1) is 5.25 Å². The predicted octanol–water partition coefficient (Wildman–Crippen LogP) is 2.16. The van der Waals surface area contributed by atoms with Gasteiger partial charge in [0, 0.05) is 16.8 Å². The van der Waals surface area contributed by atoms with Gasteiger partial charge in [0.15, 0.2) is 9.84 Å². The molecule has 0 aliphatic heterocycles. The number of rotatable bonds is 4. The molecule has 0 amide bonds. The fourth-order valence-corrected chi connectivity index (χ4v) is 2.70. The summed E-state index contributed by atoms with van der Waals surface area (Å²) in [5.74, 6) is 0.107. The highest BCUT2D eigenvalue weighted by Crippen LogP contribution is 2.21. The van der Waals surface area contributed by atoms with Crippen LogP contribution in [0.15, 0.2) is 24.3 Å². The van der Waals surface area contributed by atoms with Crippen molar-refractivity contribution in [2.75, 3.05) is 5.75 Å². The lowest BCUT2D eigenvalue weighted by Crippen LogP contribution is -2.32. The van der Waals surface area contributed by atoms with Crippen LogP contribution in [0.5, 0.6) is 0 Å². The van der Waals surface area contributed by atoms with E-state index in [2.05, 4.69) is 0 Å². The number of sulfone groups is 1. The molecule has 0 radical (unpaired) electrons. The van der Waals surface area contributed by atoms with Gasteiger partial charge in [-0.1, -0.05) is 30.7 Å². The molecule has 0 saturated carbocycles. The summed E-state index contributed by atoms with van der Waals surface area (Å²) in [5.41, 5.74) is 6.71. The van der Waals surface area contributed by atoms with Crippen LogP contribution in [0.25, 0.3) is 0 Å². The first-order chi connectivity index (χ1) is 7.38. The van der Waals surface area contributed by atoms with Crippen molar-refractivity contribution in [1.29, 1.82) is 0 Å². The Morgan fingerprint density at radius 3 is 2.25 bits per heavy atom. The molecule has 0 aliphatic carbocycles. The number of halogens is 1. The third-order valence-corrected chi connectivity index (χ3v) is 5.21. The lowest BCUT2D eigenvalue weighted by Gasteiger charge is -2.19. The van der Waals surface area contributed by atoms with E-state index < -0.39 is 21.1 Å². The average Bonchev–Trinajstić information content (AvgIpc) is 2.28. The second-order valence-corrected chi connectivity index (χ2v) is 6.82. The second-order valence-electron chi connectivity index (χ2n) is 3.73. The SMILES string of the molecule is CCS(=O)(=O)[C@H](C)[C@H](N)c1ccc(Cl)cc1. The van der Waals surface area contributed by atoms with Crippen molar-refractivity contribution < 1.29 is 8.42 Å². The fourth-order valence-electron chi connectivity index (χ4n) is 1.44.